The first-order valence-corrected chi connectivity index (χ1v) is 7.44. The lowest BCUT2D eigenvalue weighted by atomic mass is 10.1. The molecule has 0 spiro atoms. The average Bonchev–Trinajstić information content (AvgIpc) is 3.14. The normalized spacial score (nSPS) is 10.4. The van der Waals surface area contributed by atoms with E-state index in [9.17, 15) is 4.79 Å². The highest BCUT2D eigenvalue weighted by atomic mass is 16.5. The van der Waals surface area contributed by atoms with Crippen LogP contribution in [0.2, 0.25) is 0 Å². The van der Waals surface area contributed by atoms with E-state index in [-0.39, 0.29) is 5.97 Å². The number of hydrogen-bond acceptors (Lipinski definition) is 5. The number of aromatic nitrogens is 3. The minimum absolute atomic E-state index is 0.335. The predicted molar refractivity (Wildman–Crippen MR) is 88.7 cm³/mol. The van der Waals surface area contributed by atoms with Gasteiger partial charge in [0.15, 0.2) is 0 Å². The summed E-state index contributed by atoms with van der Waals surface area (Å²) in [7, 11) is 1.37. The maximum atomic E-state index is 11.6. The molecule has 6 nitrogen and oxygen atoms in total. The third-order valence-corrected chi connectivity index (χ3v) is 3.61. The number of esters is 1. The topological polar surface area (TPSA) is 77.1 Å². The lowest BCUT2D eigenvalue weighted by Crippen LogP contribution is -2.05. The summed E-state index contributed by atoms with van der Waals surface area (Å²) in [6.45, 7) is 2.27. The SMILES string of the molecule is COC(=O)c1ccc(COc2ccc(-c3ccn[nH]3)nc2)cc1C. The lowest BCUT2D eigenvalue weighted by molar-refractivity contribution is 0.0600. The Balaban J connectivity index is 1.65. The van der Waals surface area contributed by atoms with Crippen molar-refractivity contribution in [2.24, 2.45) is 0 Å². The Hall–Kier alpha value is -3.15. The number of hydrogen-bond donors (Lipinski definition) is 1. The number of methoxy groups -OCH3 is 1. The van der Waals surface area contributed by atoms with Gasteiger partial charge in [-0.1, -0.05) is 12.1 Å². The number of H-pyrrole nitrogens is 1. The Morgan fingerprint density at radius 1 is 1.21 bits per heavy atom. The Bertz CT molecular complexity index is 827. The summed E-state index contributed by atoms with van der Waals surface area (Å²) < 4.78 is 10.5. The number of benzene rings is 1. The molecule has 2 heterocycles. The summed E-state index contributed by atoms with van der Waals surface area (Å²) in [5, 5.41) is 6.77. The number of carbonyl (C=O) groups is 1. The molecule has 0 atom stereocenters. The molecule has 1 aromatic carbocycles. The zero-order valence-corrected chi connectivity index (χ0v) is 13.4. The summed E-state index contributed by atoms with van der Waals surface area (Å²) in [6, 6.07) is 11.1. The van der Waals surface area contributed by atoms with Gasteiger partial charge in [0.1, 0.15) is 12.4 Å². The van der Waals surface area contributed by atoms with Crippen molar-refractivity contribution in [3.8, 4) is 17.1 Å². The van der Waals surface area contributed by atoms with Gasteiger partial charge in [-0.05, 0) is 42.3 Å². The molecule has 0 bridgehead atoms. The molecule has 0 aliphatic rings. The van der Waals surface area contributed by atoms with Crippen molar-refractivity contribution < 1.29 is 14.3 Å². The van der Waals surface area contributed by atoms with E-state index in [1.807, 2.05) is 37.3 Å². The molecule has 0 saturated heterocycles. The number of aromatic amines is 1. The van der Waals surface area contributed by atoms with Crippen molar-refractivity contribution >= 4 is 5.97 Å². The van der Waals surface area contributed by atoms with Gasteiger partial charge in [-0.3, -0.25) is 10.1 Å². The number of nitrogens with one attached hydrogen (secondary N) is 1. The number of pyridine rings is 1. The minimum atomic E-state index is -0.335. The van der Waals surface area contributed by atoms with Crippen molar-refractivity contribution in [3.05, 3.63) is 65.5 Å². The number of carbonyl (C=O) groups excluding carboxylic acids is 1. The quantitative estimate of drug-likeness (QED) is 0.730. The molecule has 0 fully saturated rings. The van der Waals surface area contributed by atoms with E-state index >= 15 is 0 Å². The highest BCUT2D eigenvalue weighted by molar-refractivity contribution is 5.90. The third-order valence-electron chi connectivity index (χ3n) is 3.61. The second-order valence-electron chi connectivity index (χ2n) is 5.28. The van der Waals surface area contributed by atoms with E-state index in [0.29, 0.717) is 17.9 Å². The second-order valence-corrected chi connectivity index (χ2v) is 5.28. The molecule has 24 heavy (non-hydrogen) atoms. The molecular formula is C18H17N3O3. The van der Waals surface area contributed by atoms with Crippen molar-refractivity contribution in [2.45, 2.75) is 13.5 Å². The third kappa shape index (κ3) is 3.43. The van der Waals surface area contributed by atoms with Crippen molar-refractivity contribution in [2.75, 3.05) is 7.11 Å². The average molecular weight is 323 g/mol. The molecular weight excluding hydrogens is 306 g/mol. The van der Waals surface area contributed by atoms with Crippen LogP contribution in [0.1, 0.15) is 21.5 Å². The fraction of sp³-hybridized carbons (Fsp3) is 0.167. The molecule has 0 radical (unpaired) electrons. The van der Waals surface area contributed by atoms with Crippen LogP contribution in [0, 0.1) is 6.92 Å². The van der Waals surface area contributed by atoms with Crippen LogP contribution in [0.25, 0.3) is 11.4 Å². The number of rotatable bonds is 5. The van der Waals surface area contributed by atoms with E-state index in [1.165, 1.54) is 7.11 Å². The molecule has 0 aliphatic carbocycles. The number of aryl methyl sites for hydroxylation is 1. The van der Waals surface area contributed by atoms with E-state index in [0.717, 1.165) is 22.5 Å². The fourth-order valence-corrected chi connectivity index (χ4v) is 2.34. The zero-order valence-electron chi connectivity index (χ0n) is 13.4. The van der Waals surface area contributed by atoms with Gasteiger partial charge < -0.3 is 9.47 Å². The summed E-state index contributed by atoms with van der Waals surface area (Å²) in [5.41, 5.74) is 4.05. The molecule has 6 heteroatoms. The highest BCUT2D eigenvalue weighted by Crippen LogP contribution is 2.19. The molecule has 3 aromatic rings. The minimum Gasteiger partial charge on any atom is -0.487 e. The molecule has 3 rings (SSSR count). The van der Waals surface area contributed by atoms with Gasteiger partial charge in [0.2, 0.25) is 0 Å². The number of nitrogens with zero attached hydrogens (tertiary/aromatic N) is 2. The van der Waals surface area contributed by atoms with E-state index in [4.69, 9.17) is 9.47 Å². The Kier molecular flexibility index (Phi) is 4.56. The summed E-state index contributed by atoms with van der Waals surface area (Å²) >= 11 is 0. The summed E-state index contributed by atoms with van der Waals surface area (Å²) in [4.78, 5) is 15.9. The molecule has 0 aliphatic heterocycles. The maximum absolute atomic E-state index is 11.6. The van der Waals surface area contributed by atoms with Crippen LogP contribution in [-0.2, 0) is 11.3 Å². The molecule has 0 unspecified atom stereocenters. The standard InChI is InChI=1S/C18H17N3O3/c1-12-9-13(3-5-15(12)18(22)23-2)11-24-14-4-6-16(19-10-14)17-7-8-20-21-17/h3-10H,11H2,1-2H3,(H,20,21). The Morgan fingerprint density at radius 3 is 2.71 bits per heavy atom. The van der Waals surface area contributed by atoms with Gasteiger partial charge in [-0.25, -0.2) is 4.79 Å². The van der Waals surface area contributed by atoms with Crippen LogP contribution in [0.4, 0.5) is 0 Å². The van der Waals surface area contributed by atoms with Crippen LogP contribution in [0.5, 0.6) is 5.75 Å². The van der Waals surface area contributed by atoms with Gasteiger partial charge in [0, 0.05) is 6.20 Å². The van der Waals surface area contributed by atoms with Gasteiger partial charge in [0.25, 0.3) is 0 Å². The Labute approximate surface area is 139 Å². The summed E-state index contributed by atoms with van der Waals surface area (Å²) in [6.07, 6.45) is 3.35. The van der Waals surface area contributed by atoms with Crippen molar-refractivity contribution in [1.29, 1.82) is 0 Å². The summed E-state index contributed by atoms with van der Waals surface area (Å²) in [5.74, 6) is 0.339. The predicted octanol–water partition coefficient (Wildman–Crippen LogP) is 3.15. The van der Waals surface area contributed by atoms with Crippen molar-refractivity contribution in [1.82, 2.24) is 15.2 Å². The lowest BCUT2D eigenvalue weighted by Gasteiger charge is -2.09. The molecule has 2 aromatic heterocycles. The molecule has 0 saturated carbocycles. The first-order chi connectivity index (χ1) is 11.7. The second kappa shape index (κ2) is 6.95. The van der Waals surface area contributed by atoms with Crippen LogP contribution in [-0.4, -0.2) is 28.3 Å². The smallest absolute Gasteiger partial charge is 0.338 e. The van der Waals surface area contributed by atoms with Gasteiger partial charge in [-0.15, -0.1) is 0 Å². The molecule has 122 valence electrons. The van der Waals surface area contributed by atoms with E-state index in [2.05, 4.69) is 15.2 Å². The van der Waals surface area contributed by atoms with Gasteiger partial charge in [0.05, 0.1) is 30.3 Å². The molecule has 1 N–H and O–H groups in total. The largest absolute Gasteiger partial charge is 0.487 e. The monoisotopic (exact) mass is 323 g/mol. The van der Waals surface area contributed by atoms with Gasteiger partial charge in [-0.2, -0.15) is 5.10 Å². The van der Waals surface area contributed by atoms with Crippen LogP contribution >= 0.6 is 0 Å². The van der Waals surface area contributed by atoms with E-state index < -0.39 is 0 Å². The van der Waals surface area contributed by atoms with Crippen LogP contribution in [0.15, 0.2) is 48.8 Å². The van der Waals surface area contributed by atoms with Gasteiger partial charge >= 0.3 is 5.97 Å². The highest BCUT2D eigenvalue weighted by Gasteiger charge is 2.09. The Morgan fingerprint density at radius 2 is 2.08 bits per heavy atom. The van der Waals surface area contributed by atoms with Crippen molar-refractivity contribution in [3.63, 3.8) is 0 Å². The molecule has 0 amide bonds. The first-order valence-electron chi connectivity index (χ1n) is 7.44. The first kappa shape index (κ1) is 15.7. The van der Waals surface area contributed by atoms with E-state index in [1.54, 1.807) is 18.5 Å². The zero-order chi connectivity index (χ0) is 16.9. The number of ether oxygens (including phenoxy) is 2. The maximum Gasteiger partial charge on any atom is 0.338 e. The van der Waals surface area contributed by atoms with Crippen LogP contribution < -0.4 is 4.74 Å². The van der Waals surface area contributed by atoms with Crippen LogP contribution in [0.3, 0.4) is 0 Å². The fourth-order valence-electron chi connectivity index (χ4n) is 2.34.